The number of ether oxygens (including phenoxy) is 1. The summed E-state index contributed by atoms with van der Waals surface area (Å²) in [4.78, 5) is 11.3. The van der Waals surface area contributed by atoms with E-state index in [1.807, 2.05) is 0 Å². The fourth-order valence-corrected chi connectivity index (χ4v) is 1.13. The van der Waals surface area contributed by atoms with Crippen LogP contribution in [0.5, 0.6) is 0 Å². The van der Waals surface area contributed by atoms with Gasteiger partial charge in [0.15, 0.2) is 0 Å². The van der Waals surface area contributed by atoms with Crippen LogP contribution in [0.2, 0.25) is 0 Å². The van der Waals surface area contributed by atoms with Crippen molar-refractivity contribution < 1.29 is 14.6 Å². The van der Waals surface area contributed by atoms with E-state index in [2.05, 4.69) is 24.5 Å². The van der Waals surface area contributed by atoms with Crippen LogP contribution >= 0.6 is 0 Å². The van der Waals surface area contributed by atoms with Gasteiger partial charge in [-0.3, -0.25) is 4.79 Å². The second-order valence-corrected chi connectivity index (χ2v) is 3.90. The van der Waals surface area contributed by atoms with E-state index in [4.69, 9.17) is 9.84 Å². The minimum absolute atomic E-state index is 0.0488. The molecule has 0 aliphatic heterocycles. The van der Waals surface area contributed by atoms with Crippen molar-refractivity contribution in [3.8, 4) is 0 Å². The fourth-order valence-electron chi connectivity index (χ4n) is 1.13. The molecule has 5 nitrogen and oxygen atoms in total. The lowest BCUT2D eigenvalue weighted by atomic mass is 10.3. The average Bonchev–Trinajstić information content (AvgIpc) is 2.22. The summed E-state index contributed by atoms with van der Waals surface area (Å²) in [6.45, 7) is 6.44. The van der Waals surface area contributed by atoms with Crippen LogP contribution in [0.3, 0.4) is 0 Å². The monoisotopic (exact) mass is 232 g/mol. The van der Waals surface area contributed by atoms with Crippen LogP contribution in [0.25, 0.3) is 0 Å². The molecule has 16 heavy (non-hydrogen) atoms. The molecule has 0 spiro atoms. The molecule has 0 aromatic rings. The van der Waals surface area contributed by atoms with Crippen LogP contribution in [0.4, 0.5) is 0 Å². The summed E-state index contributed by atoms with van der Waals surface area (Å²) in [6.07, 6.45) is 1.29. The number of carbonyl (C=O) groups is 1. The van der Waals surface area contributed by atoms with E-state index in [0.29, 0.717) is 38.8 Å². The van der Waals surface area contributed by atoms with E-state index in [0.717, 1.165) is 6.42 Å². The normalized spacial score (nSPS) is 10.8. The number of aliphatic hydroxyl groups is 1. The van der Waals surface area contributed by atoms with Crippen LogP contribution in [0.15, 0.2) is 0 Å². The maximum atomic E-state index is 11.3. The maximum absolute atomic E-state index is 11.3. The summed E-state index contributed by atoms with van der Waals surface area (Å²) in [5.74, 6) is 0.0651. The van der Waals surface area contributed by atoms with E-state index in [1.54, 1.807) is 0 Å². The van der Waals surface area contributed by atoms with Gasteiger partial charge in [-0.05, 0) is 6.42 Å². The first-order valence-corrected chi connectivity index (χ1v) is 5.85. The van der Waals surface area contributed by atoms with Crippen molar-refractivity contribution in [3.63, 3.8) is 0 Å². The van der Waals surface area contributed by atoms with Crippen molar-refractivity contribution in [1.82, 2.24) is 10.6 Å². The highest BCUT2D eigenvalue weighted by molar-refractivity contribution is 5.75. The molecule has 0 radical (unpaired) electrons. The number of amides is 1. The molecule has 0 aliphatic carbocycles. The van der Waals surface area contributed by atoms with Gasteiger partial charge in [0.25, 0.3) is 0 Å². The van der Waals surface area contributed by atoms with E-state index in [9.17, 15) is 4.79 Å². The Morgan fingerprint density at radius 3 is 2.69 bits per heavy atom. The Hall–Kier alpha value is -0.650. The number of nitrogens with one attached hydrogen (secondary N) is 2. The lowest BCUT2D eigenvalue weighted by Gasteiger charge is -2.08. The SMILES string of the molecule is CC(C)NCCC(=O)NCCCOCCO. The number of carbonyl (C=O) groups excluding carboxylic acids is 1. The van der Waals surface area contributed by atoms with Crippen LogP contribution in [-0.2, 0) is 9.53 Å². The van der Waals surface area contributed by atoms with Crippen LogP contribution in [0.1, 0.15) is 26.7 Å². The number of rotatable bonds is 10. The molecule has 0 aromatic carbocycles. The highest BCUT2D eigenvalue weighted by Gasteiger charge is 2.00. The van der Waals surface area contributed by atoms with Crippen molar-refractivity contribution >= 4 is 5.91 Å². The minimum Gasteiger partial charge on any atom is -0.394 e. The van der Waals surface area contributed by atoms with E-state index < -0.39 is 0 Å². The molecule has 3 N–H and O–H groups in total. The van der Waals surface area contributed by atoms with Crippen LogP contribution in [-0.4, -0.2) is 50.0 Å². The molecule has 0 rings (SSSR count). The molecule has 0 fully saturated rings. The molecule has 0 atom stereocenters. The summed E-state index contributed by atoms with van der Waals surface area (Å²) >= 11 is 0. The molecule has 0 heterocycles. The minimum atomic E-state index is 0.0488. The molecule has 0 aromatic heterocycles. The second kappa shape index (κ2) is 10.9. The largest absolute Gasteiger partial charge is 0.394 e. The highest BCUT2D eigenvalue weighted by atomic mass is 16.5. The lowest BCUT2D eigenvalue weighted by Crippen LogP contribution is -2.31. The predicted octanol–water partition coefficient (Wildman–Crippen LogP) is -0.110. The Morgan fingerprint density at radius 2 is 2.06 bits per heavy atom. The fraction of sp³-hybridized carbons (Fsp3) is 0.909. The lowest BCUT2D eigenvalue weighted by molar-refractivity contribution is -0.121. The van der Waals surface area contributed by atoms with Gasteiger partial charge in [0.1, 0.15) is 0 Å². The van der Waals surface area contributed by atoms with Gasteiger partial charge in [-0.15, -0.1) is 0 Å². The van der Waals surface area contributed by atoms with Gasteiger partial charge < -0.3 is 20.5 Å². The topological polar surface area (TPSA) is 70.6 Å². The third-order valence-electron chi connectivity index (χ3n) is 1.93. The smallest absolute Gasteiger partial charge is 0.221 e. The maximum Gasteiger partial charge on any atom is 0.221 e. The average molecular weight is 232 g/mol. The summed E-state index contributed by atoms with van der Waals surface area (Å²) in [7, 11) is 0. The van der Waals surface area contributed by atoms with Gasteiger partial charge in [-0.25, -0.2) is 0 Å². The van der Waals surface area contributed by atoms with Crippen molar-refractivity contribution in [3.05, 3.63) is 0 Å². The Labute approximate surface area is 97.6 Å². The zero-order valence-corrected chi connectivity index (χ0v) is 10.3. The van der Waals surface area contributed by atoms with Gasteiger partial charge in [0.2, 0.25) is 5.91 Å². The zero-order chi connectivity index (χ0) is 12.2. The first-order valence-electron chi connectivity index (χ1n) is 5.85. The summed E-state index contributed by atoms with van der Waals surface area (Å²) in [5.41, 5.74) is 0. The Morgan fingerprint density at radius 1 is 1.31 bits per heavy atom. The molecule has 1 amide bonds. The van der Waals surface area contributed by atoms with Crippen LogP contribution < -0.4 is 10.6 Å². The number of aliphatic hydroxyl groups excluding tert-OH is 1. The van der Waals surface area contributed by atoms with Gasteiger partial charge >= 0.3 is 0 Å². The molecule has 0 saturated carbocycles. The van der Waals surface area contributed by atoms with Gasteiger partial charge in [0, 0.05) is 32.2 Å². The summed E-state index contributed by atoms with van der Waals surface area (Å²) in [6, 6.07) is 0.416. The van der Waals surface area contributed by atoms with Gasteiger partial charge in [-0.1, -0.05) is 13.8 Å². The number of hydrogen-bond donors (Lipinski definition) is 3. The third-order valence-corrected chi connectivity index (χ3v) is 1.93. The first kappa shape index (κ1) is 15.3. The Kier molecular flexibility index (Phi) is 10.4. The molecule has 96 valence electrons. The second-order valence-electron chi connectivity index (χ2n) is 3.90. The Balaban J connectivity index is 3.17. The quantitative estimate of drug-likeness (QED) is 0.460. The van der Waals surface area contributed by atoms with Crippen molar-refractivity contribution in [2.75, 3.05) is 32.9 Å². The standard InChI is InChI=1S/C11H24N2O3/c1-10(2)12-6-4-11(15)13-5-3-8-16-9-7-14/h10,12,14H,3-9H2,1-2H3,(H,13,15). The van der Waals surface area contributed by atoms with Gasteiger partial charge in [0.05, 0.1) is 13.2 Å². The highest BCUT2D eigenvalue weighted by Crippen LogP contribution is 1.84. The third kappa shape index (κ3) is 11.4. The molecule has 0 aliphatic rings. The zero-order valence-electron chi connectivity index (χ0n) is 10.3. The van der Waals surface area contributed by atoms with E-state index in [1.165, 1.54) is 0 Å². The molecule has 5 heteroatoms. The molecule has 0 saturated heterocycles. The summed E-state index contributed by atoms with van der Waals surface area (Å²) < 4.78 is 5.06. The van der Waals surface area contributed by atoms with E-state index >= 15 is 0 Å². The van der Waals surface area contributed by atoms with E-state index in [-0.39, 0.29) is 12.5 Å². The Bertz CT molecular complexity index is 175. The van der Waals surface area contributed by atoms with Crippen LogP contribution in [0, 0.1) is 0 Å². The molecular weight excluding hydrogens is 208 g/mol. The molecule has 0 bridgehead atoms. The van der Waals surface area contributed by atoms with Gasteiger partial charge in [-0.2, -0.15) is 0 Å². The van der Waals surface area contributed by atoms with Crippen molar-refractivity contribution in [2.45, 2.75) is 32.7 Å². The summed E-state index contributed by atoms with van der Waals surface area (Å²) in [5, 5.41) is 14.4. The number of hydrogen-bond acceptors (Lipinski definition) is 4. The molecule has 0 unspecified atom stereocenters. The molecular formula is C11H24N2O3. The van der Waals surface area contributed by atoms with Crippen molar-refractivity contribution in [2.24, 2.45) is 0 Å². The predicted molar refractivity (Wildman–Crippen MR) is 63.3 cm³/mol. The van der Waals surface area contributed by atoms with Crippen molar-refractivity contribution in [1.29, 1.82) is 0 Å². The first-order chi connectivity index (χ1) is 7.66.